The second kappa shape index (κ2) is 10.9. The van der Waals surface area contributed by atoms with Crippen LogP contribution in [-0.4, -0.2) is 16.3 Å². The highest BCUT2D eigenvalue weighted by Gasteiger charge is 2.13. The minimum Gasteiger partial charge on any atom is -0.393 e. The standard InChI is InChI=1S/C18H30O2/c1-2-3-4-5-6-7-11-14-17(19)15-18(20)16-12-9-8-10-13-16/h8-10,12-13,17-20H,2-7,11,14-15H2,1H3. The van der Waals surface area contributed by atoms with Crippen molar-refractivity contribution in [3.63, 3.8) is 0 Å². The van der Waals surface area contributed by atoms with Crippen molar-refractivity contribution in [3.05, 3.63) is 35.9 Å². The molecule has 0 aliphatic rings. The molecule has 20 heavy (non-hydrogen) atoms. The third-order valence-electron chi connectivity index (χ3n) is 3.82. The van der Waals surface area contributed by atoms with Gasteiger partial charge >= 0.3 is 0 Å². The van der Waals surface area contributed by atoms with Crippen LogP contribution in [0.25, 0.3) is 0 Å². The zero-order valence-electron chi connectivity index (χ0n) is 12.8. The summed E-state index contributed by atoms with van der Waals surface area (Å²) < 4.78 is 0. The van der Waals surface area contributed by atoms with E-state index in [1.807, 2.05) is 30.3 Å². The molecule has 0 saturated heterocycles. The van der Waals surface area contributed by atoms with Crippen molar-refractivity contribution >= 4 is 0 Å². The van der Waals surface area contributed by atoms with Crippen LogP contribution in [0.2, 0.25) is 0 Å². The third kappa shape index (κ3) is 7.66. The number of aliphatic hydroxyl groups is 2. The van der Waals surface area contributed by atoms with E-state index in [1.165, 1.54) is 38.5 Å². The van der Waals surface area contributed by atoms with Crippen molar-refractivity contribution in [1.29, 1.82) is 0 Å². The van der Waals surface area contributed by atoms with Crippen LogP contribution < -0.4 is 0 Å². The second-order valence-electron chi connectivity index (χ2n) is 5.73. The minimum absolute atomic E-state index is 0.388. The van der Waals surface area contributed by atoms with E-state index in [9.17, 15) is 10.2 Å². The highest BCUT2D eigenvalue weighted by atomic mass is 16.3. The molecule has 0 amide bonds. The maximum atomic E-state index is 10.0. The summed E-state index contributed by atoms with van der Waals surface area (Å²) in [6.45, 7) is 2.23. The molecule has 0 aromatic heterocycles. The number of hydrogen-bond donors (Lipinski definition) is 2. The average molecular weight is 278 g/mol. The molecule has 2 unspecified atom stereocenters. The van der Waals surface area contributed by atoms with E-state index < -0.39 is 6.10 Å². The zero-order valence-corrected chi connectivity index (χ0v) is 12.8. The summed E-state index contributed by atoms with van der Waals surface area (Å²) in [7, 11) is 0. The average Bonchev–Trinajstić information content (AvgIpc) is 2.47. The van der Waals surface area contributed by atoms with Gasteiger partial charge < -0.3 is 10.2 Å². The first kappa shape index (κ1) is 17.2. The lowest BCUT2D eigenvalue weighted by Crippen LogP contribution is -2.12. The fraction of sp³-hybridized carbons (Fsp3) is 0.667. The number of aliphatic hydroxyl groups excluding tert-OH is 2. The molecule has 2 N–H and O–H groups in total. The molecule has 1 rings (SSSR count). The highest BCUT2D eigenvalue weighted by Crippen LogP contribution is 2.20. The molecule has 114 valence electrons. The third-order valence-corrected chi connectivity index (χ3v) is 3.82. The van der Waals surface area contributed by atoms with Gasteiger partial charge in [-0.25, -0.2) is 0 Å². The first-order valence-corrected chi connectivity index (χ1v) is 8.15. The van der Waals surface area contributed by atoms with E-state index in [1.54, 1.807) is 0 Å². The monoisotopic (exact) mass is 278 g/mol. The van der Waals surface area contributed by atoms with E-state index in [4.69, 9.17) is 0 Å². The molecule has 0 bridgehead atoms. The van der Waals surface area contributed by atoms with Gasteiger partial charge in [0.1, 0.15) is 0 Å². The summed E-state index contributed by atoms with van der Waals surface area (Å²) in [5, 5.41) is 20.0. The molecule has 1 aromatic rings. The van der Waals surface area contributed by atoms with Gasteiger partial charge in [0, 0.05) is 6.42 Å². The molecule has 0 aliphatic carbocycles. The van der Waals surface area contributed by atoms with Crippen molar-refractivity contribution < 1.29 is 10.2 Å². The number of hydrogen-bond acceptors (Lipinski definition) is 2. The molecule has 0 heterocycles. The van der Waals surface area contributed by atoms with Crippen molar-refractivity contribution in [2.24, 2.45) is 0 Å². The Kier molecular flexibility index (Phi) is 9.35. The molecule has 1 aromatic carbocycles. The maximum Gasteiger partial charge on any atom is 0.0814 e. The molecular weight excluding hydrogens is 248 g/mol. The Labute approximate surface area is 123 Å². The van der Waals surface area contributed by atoms with Gasteiger partial charge in [-0.15, -0.1) is 0 Å². The topological polar surface area (TPSA) is 40.5 Å². The first-order valence-electron chi connectivity index (χ1n) is 8.15. The maximum absolute atomic E-state index is 10.0. The molecule has 0 fully saturated rings. The Bertz CT molecular complexity index is 323. The minimum atomic E-state index is -0.546. The van der Waals surface area contributed by atoms with Crippen molar-refractivity contribution in [2.75, 3.05) is 0 Å². The SMILES string of the molecule is CCCCCCCCCC(O)CC(O)c1ccccc1. The van der Waals surface area contributed by atoms with Crippen molar-refractivity contribution in [1.82, 2.24) is 0 Å². The predicted molar refractivity (Wildman–Crippen MR) is 84.6 cm³/mol. The summed E-state index contributed by atoms with van der Waals surface area (Å²) in [6.07, 6.45) is 9.13. The molecular formula is C18H30O2. The first-order chi connectivity index (χ1) is 9.74. The lowest BCUT2D eigenvalue weighted by Gasteiger charge is -2.16. The smallest absolute Gasteiger partial charge is 0.0814 e. The normalized spacial score (nSPS) is 14.2. The van der Waals surface area contributed by atoms with Crippen LogP contribution in [0.3, 0.4) is 0 Å². The van der Waals surface area contributed by atoms with Crippen molar-refractivity contribution in [3.8, 4) is 0 Å². The van der Waals surface area contributed by atoms with E-state index in [2.05, 4.69) is 6.92 Å². The molecule has 2 heteroatoms. The molecule has 0 saturated carbocycles. The van der Waals surface area contributed by atoms with Crippen LogP contribution in [-0.2, 0) is 0 Å². The molecule has 2 nitrogen and oxygen atoms in total. The molecule has 0 spiro atoms. The summed E-state index contributed by atoms with van der Waals surface area (Å²) in [5.41, 5.74) is 0.895. The van der Waals surface area contributed by atoms with Crippen LogP contribution in [0.4, 0.5) is 0 Å². The van der Waals surface area contributed by atoms with E-state index in [0.717, 1.165) is 18.4 Å². The molecule has 2 atom stereocenters. The van der Waals surface area contributed by atoms with E-state index >= 15 is 0 Å². The Morgan fingerprint density at radius 3 is 2.10 bits per heavy atom. The van der Waals surface area contributed by atoms with Crippen LogP contribution in [0.1, 0.15) is 76.4 Å². The highest BCUT2D eigenvalue weighted by molar-refractivity contribution is 5.17. The predicted octanol–water partition coefficient (Wildman–Crippen LogP) is 4.61. The Morgan fingerprint density at radius 1 is 0.850 bits per heavy atom. The number of benzene rings is 1. The lowest BCUT2D eigenvalue weighted by molar-refractivity contribution is 0.0739. The van der Waals surface area contributed by atoms with Gasteiger partial charge in [0.15, 0.2) is 0 Å². The van der Waals surface area contributed by atoms with Crippen LogP contribution in [0.15, 0.2) is 30.3 Å². The summed E-state index contributed by atoms with van der Waals surface area (Å²) in [5.74, 6) is 0. The molecule has 0 radical (unpaired) electrons. The lowest BCUT2D eigenvalue weighted by atomic mass is 9.99. The summed E-state index contributed by atoms with van der Waals surface area (Å²) in [6, 6.07) is 9.59. The van der Waals surface area contributed by atoms with Gasteiger partial charge in [-0.05, 0) is 12.0 Å². The number of unbranched alkanes of at least 4 members (excludes halogenated alkanes) is 6. The van der Waals surface area contributed by atoms with E-state index in [-0.39, 0.29) is 6.10 Å². The van der Waals surface area contributed by atoms with E-state index in [0.29, 0.717) is 6.42 Å². The van der Waals surface area contributed by atoms with Gasteiger partial charge in [0.25, 0.3) is 0 Å². The number of rotatable bonds is 11. The Morgan fingerprint density at radius 2 is 1.45 bits per heavy atom. The van der Waals surface area contributed by atoms with Gasteiger partial charge in [0.05, 0.1) is 12.2 Å². The van der Waals surface area contributed by atoms with Crippen LogP contribution in [0, 0.1) is 0 Å². The summed E-state index contributed by atoms with van der Waals surface area (Å²) >= 11 is 0. The van der Waals surface area contributed by atoms with Gasteiger partial charge in [-0.2, -0.15) is 0 Å². The zero-order chi connectivity index (χ0) is 14.6. The Hall–Kier alpha value is -0.860. The second-order valence-corrected chi connectivity index (χ2v) is 5.73. The summed E-state index contributed by atoms with van der Waals surface area (Å²) in [4.78, 5) is 0. The fourth-order valence-corrected chi connectivity index (χ4v) is 2.52. The van der Waals surface area contributed by atoms with Gasteiger partial charge in [-0.3, -0.25) is 0 Å². The quantitative estimate of drug-likeness (QED) is 0.580. The van der Waals surface area contributed by atoms with Crippen LogP contribution >= 0.6 is 0 Å². The van der Waals surface area contributed by atoms with Crippen molar-refractivity contribution in [2.45, 2.75) is 76.9 Å². The largest absolute Gasteiger partial charge is 0.393 e. The molecule has 0 aliphatic heterocycles. The Balaban J connectivity index is 2.07. The van der Waals surface area contributed by atoms with Gasteiger partial charge in [-0.1, -0.05) is 82.2 Å². The van der Waals surface area contributed by atoms with Crippen LogP contribution in [0.5, 0.6) is 0 Å². The fourth-order valence-electron chi connectivity index (χ4n) is 2.52. The van der Waals surface area contributed by atoms with Gasteiger partial charge in [0.2, 0.25) is 0 Å².